The van der Waals surface area contributed by atoms with E-state index in [9.17, 15) is 5.11 Å². The maximum absolute atomic E-state index is 9.28. The number of benzene rings is 2. The Hall–Kier alpha value is -2.08. The van der Waals surface area contributed by atoms with Crippen molar-refractivity contribution in [2.75, 3.05) is 5.32 Å². The molecule has 1 aliphatic rings. The number of aliphatic hydroxyl groups excluding tert-OH is 1. The highest BCUT2D eigenvalue weighted by molar-refractivity contribution is 7.09. The number of aliphatic hydroxyl groups is 1. The Balaban J connectivity index is 1.86. The quantitative estimate of drug-likeness (QED) is 0.713. The van der Waals surface area contributed by atoms with Gasteiger partial charge in [-0.05, 0) is 24.3 Å². The van der Waals surface area contributed by atoms with E-state index in [4.69, 9.17) is 16.3 Å². The van der Waals surface area contributed by atoms with E-state index >= 15 is 0 Å². The number of halogens is 1. The van der Waals surface area contributed by atoms with Crippen molar-refractivity contribution in [1.82, 2.24) is 4.98 Å². The van der Waals surface area contributed by atoms with Crippen LogP contribution in [0.4, 0.5) is 5.69 Å². The molecule has 1 unspecified atom stereocenters. The normalized spacial score (nSPS) is 15.8. The lowest BCUT2D eigenvalue weighted by Gasteiger charge is -2.16. The number of fused-ring (bicyclic) bond motifs is 2. The molecule has 1 aromatic heterocycles. The number of ether oxygens (including phenoxy) is 1. The van der Waals surface area contributed by atoms with Gasteiger partial charge in [0.25, 0.3) is 0 Å². The van der Waals surface area contributed by atoms with Crippen molar-refractivity contribution in [3.05, 3.63) is 69.1 Å². The van der Waals surface area contributed by atoms with E-state index in [1.807, 2.05) is 41.8 Å². The van der Waals surface area contributed by atoms with Gasteiger partial charge in [0.15, 0.2) is 5.75 Å². The first kappa shape index (κ1) is 14.5. The van der Waals surface area contributed by atoms with Gasteiger partial charge in [0.1, 0.15) is 16.8 Å². The molecule has 3 aromatic rings. The molecule has 4 rings (SSSR count). The number of nitrogens with zero attached hydrogens (tertiary/aromatic N) is 1. The molecule has 2 aromatic carbocycles. The van der Waals surface area contributed by atoms with Crippen molar-refractivity contribution in [1.29, 1.82) is 0 Å². The highest BCUT2D eigenvalue weighted by atomic mass is 35.5. The number of hydrogen-bond donors (Lipinski definition) is 2. The second kappa shape index (κ2) is 5.85. The summed E-state index contributed by atoms with van der Waals surface area (Å²) >= 11 is 7.63. The Kier molecular flexibility index (Phi) is 3.69. The lowest BCUT2D eigenvalue weighted by atomic mass is 10.1. The van der Waals surface area contributed by atoms with Crippen LogP contribution in [0.15, 0.2) is 47.8 Å². The van der Waals surface area contributed by atoms with E-state index in [1.165, 1.54) is 11.3 Å². The monoisotopic (exact) mass is 344 g/mol. The van der Waals surface area contributed by atoms with E-state index < -0.39 is 0 Å². The maximum Gasteiger partial charge on any atom is 0.150 e. The minimum Gasteiger partial charge on any atom is -0.455 e. The van der Waals surface area contributed by atoms with Crippen LogP contribution < -0.4 is 10.1 Å². The molecule has 0 bridgehead atoms. The summed E-state index contributed by atoms with van der Waals surface area (Å²) in [6.07, 6.45) is 0. The number of rotatable bonds is 2. The Morgan fingerprint density at radius 1 is 1.22 bits per heavy atom. The van der Waals surface area contributed by atoms with E-state index in [-0.39, 0.29) is 12.6 Å². The summed E-state index contributed by atoms with van der Waals surface area (Å²) in [6, 6.07) is 13.2. The number of thiazole rings is 1. The predicted molar refractivity (Wildman–Crippen MR) is 91.5 cm³/mol. The molecule has 0 spiro atoms. The molecule has 0 aliphatic carbocycles. The van der Waals surface area contributed by atoms with Crippen molar-refractivity contribution in [3.63, 3.8) is 0 Å². The fourth-order valence-electron chi connectivity index (χ4n) is 2.59. The number of aromatic nitrogens is 1. The van der Waals surface area contributed by atoms with Crippen LogP contribution in [0.1, 0.15) is 22.3 Å². The summed E-state index contributed by atoms with van der Waals surface area (Å²) in [7, 11) is 0. The Labute approximate surface area is 142 Å². The minimum atomic E-state index is -0.156. The minimum absolute atomic E-state index is 0.0657. The molecule has 1 atom stereocenters. The van der Waals surface area contributed by atoms with Crippen molar-refractivity contribution in [2.45, 2.75) is 12.6 Å². The third-order valence-electron chi connectivity index (χ3n) is 3.67. The molecule has 6 heteroatoms. The van der Waals surface area contributed by atoms with E-state index in [2.05, 4.69) is 10.3 Å². The second-order valence-corrected chi connectivity index (χ2v) is 6.52. The zero-order chi connectivity index (χ0) is 15.8. The molecule has 4 nitrogen and oxygen atoms in total. The molecule has 0 amide bonds. The smallest absolute Gasteiger partial charge is 0.150 e. The Morgan fingerprint density at radius 3 is 2.91 bits per heavy atom. The lowest BCUT2D eigenvalue weighted by molar-refractivity contribution is 0.277. The molecule has 116 valence electrons. The average Bonchev–Trinajstić information content (AvgIpc) is 2.98. The van der Waals surface area contributed by atoms with Gasteiger partial charge in [0.2, 0.25) is 0 Å². The Bertz CT molecular complexity index is 865. The lowest BCUT2D eigenvalue weighted by Crippen LogP contribution is -2.11. The van der Waals surface area contributed by atoms with Crippen molar-refractivity contribution in [2.24, 2.45) is 0 Å². The van der Waals surface area contributed by atoms with Crippen molar-refractivity contribution in [3.8, 4) is 11.5 Å². The SMILES string of the molecule is OCc1csc(C2Nc3cc(Cl)ccc3Oc3ccccc32)n1. The number of anilines is 1. The van der Waals surface area contributed by atoms with Crippen LogP contribution in [-0.4, -0.2) is 10.1 Å². The molecule has 0 fully saturated rings. The van der Waals surface area contributed by atoms with Crippen LogP contribution in [0, 0.1) is 0 Å². The van der Waals surface area contributed by atoms with Gasteiger partial charge in [0, 0.05) is 16.0 Å². The van der Waals surface area contributed by atoms with Gasteiger partial charge in [-0.15, -0.1) is 11.3 Å². The first-order chi connectivity index (χ1) is 11.2. The summed E-state index contributed by atoms with van der Waals surface area (Å²) in [5, 5.41) is 16.1. The van der Waals surface area contributed by atoms with E-state index in [0.29, 0.717) is 10.7 Å². The average molecular weight is 345 g/mol. The third-order valence-corrected chi connectivity index (χ3v) is 4.86. The summed E-state index contributed by atoms with van der Waals surface area (Å²) in [4.78, 5) is 4.51. The molecule has 23 heavy (non-hydrogen) atoms. The van der Waals surface area contributed by atoms with Gasteiger partial charge in [-0.25, -0.2) is 4.98 Å². The third kappa shape index (κ3) is 2.67. The standard InChI is InChI=1S/C17H13ClN2O2S/c18-10-5-6-15-13(7-10)20-16(17-19-11(8-21)9-23-17)12-3-1-2-4-14(12)22-15/h1-7,9,16,20-21H,8H2. The first-order valence-corrected chi connectivity index (χ1v) is 8.38. The van der Waals surface area contributed by atoms with Gasteiger partial charge < -0.3 is 15.2 Å². The second-order valence-electron chi connectivity index (χ2n) is 5.19. The fraction of sp³-hybridized carbons (Fsp3) is 0.118. The van der Waals surface area contributed by atoms with Gasteiger partial charge in [-0.3, -0.25) is 0 Å². The van der Waals surface area contributed by atoms with Gasteiger partial charge in [-0.2, -0.15) is 0 Å². The maximum atomic E-state index is 9.28. The molecular formula is C17H13ClN2O2S. The van der Waals surface area contributed by atoms with Crippen LogP contribution >= 0.6 is 22.9 Å². The molecule has 2 heterocycles. The van der Waals surface area contributed by atoms with Crippen LogP contribution in [0.5, 0.6) is 11.5 Å². The van der Waals surface area contributed by atoms with Gasteiger partial charge in [0.05, 0.1) is 18.0 Å². The van der Waals surface area contributed by atoms with Gasteiger partial charge >= 0.3 is 0 Å². The van der Waals surface area contributed by atoms with Crippen LogP contribution in [0.25, 0.3) is 0 Å². The van der Waals surface area contributed by atoms with Gasteiger partial charge in [-0.1, -0.05) is 29.8 Å². The Morgan fingerprint density at radius 2 is 2.09 bits per heavy atom. The van der Waals surface area contributed by atoms with E-state index in [0.717, 1.165) is 27.8 Å². The van der Waals surface area contributed by atoms with Crippen molar-refractivity contribution >= 4 is 28.6 Å². The van der Waals surface area contributed by atoms with Crippen molar-refractivity contribution < 1.29 is 9.84 Å². The summed E-state index contributed by atoms with van der Waals surface area (Å²) < 4.78 is 6.05. The molecule has 2 N–H and O–H groups in total. The first-order valence-electron chi connectivity index (χ1n) is 7.12. The number of hydrogen-bond acceptors (Lipinski definition) is 5. The predicted octanol–water partition coefficient (Wildman–Crippen LogP) is 4.60. The molecular weight excluding hydrogens is 332 g/mol. The fourth-order valence-corrected chi connectivity index (χ4v) is 3.64. The number of nitrogens with one attached hydrogen (secondary N) is 1. The van der Waals surface area contributed by atoms with Crippen LogP contribution in [0.2, 0.25) is 5.02 Å². The summed E-state index contributed by atoms with van der Waals surface area (Å²) in [6.45, 7) is -0.0657. The molecule has 1 aliphatic heterocycles. The topological polar surface area (TPSA) is 54.4 Å². The number of para-hydroxylation sites is 1. The highest BCUT2D eigenvalue weighted by Crippen LogP contribution is 2.43. The largest absolute Gasteiger partial charge is 0.455 e. The summed E-state index contributed by atoms with van der Waals surface area (Å²) in [5.41, 5.74) is 2.49. The molecule has 0 saturated carbocycles. The van der Waals surface area contributed by atoms with Crippen LogP contribution in [-0.2, 0) is 6.61 Å². The van der Waals surface area contributed by atoms with E-state index in [1.54, 1.807) is 6.07 Å². The van der Waals surface area contributed by atoms with Crippen LogP contribution in [0.3, 0.4) is 0 Å². The zero-order valence-corrected chi connectivity index (χ0v) is 13.6. The molecule has 0 saturated heterocycles. The summed E-state index contributed by atoms with van der Waals surface area (Å²) in [5.74, 6) is 1.51. The molecule has 0 radical (unpaired) electrons. The highest BCUT2D eigenvalue weighted by Gasteiger charge is 2.26. The zero-order valence-electron chi connectivity index (χ0n) is 12.0.